The molecule has 1 rings (SSSR count). The molecule has 1 atom stereocenters. The van der Waals surface area contributed by atoms with Gasteiger partial charge in [-0.05, 0) is 19.9 Å². The Hall–Kier alpha value is -0.650. The second-order valence-corrected chi connectivity index (χ2v) is 5.93. The number of nitrogens with one attached hydrogen (secondary N) is 2. The van der Waals surface area contributed by atoms with Crippen LogP contribution in [0, 0.1) is 5.92 Å². The van der Waals surface area contributed by atoms with Crippen molar-refractivity contribution in [1.29, 1.82) is 0 Å². The number of carbonyl (C=O) groups is 1. The highest BCUT2D eigenvalue weighted by Gasteiger charge is 2.14. The first-order chi connectivity index (χ1) is 8.99. The molecular formula is C14H30N4O. The van der Waals surface area contributed by atoms with Crippen LogP contribution < -0.4 is 10.6 Å². The predicted octanol–water partition coefficient (Wildman–Crippen LogP) is -0.0159. The number of nitrogens with zero attached hydrogens (tertiary/aromatic N) is 2. The highest BCUT2D eigenvalue weighted by Crippen LogP contribution is 1.99. The molecule has 19 heavy (non-hydrogen) atoms. The molecule has 1 heterocycles. The lowest BCUT2D eigenvalue weighted by Gasteiger charge is -2.29. The van der Waals surface area contributed by atoms with Crippen molar-refractivity contribution in [2.75, 3.05) is 52.9 Å². The Morgan fingerprint density at radius 2 is 1.95 bits per heavy atom. The summed E-state index contributed by atoms with van der Waals surface area (Å²) < 4.78 is 0. The van der Waals surface area contributed by atoms with E-state index >= 15 is 0 Å². The molecule has 112 valence electrons. The maximum absolute atomic E-state index is 11.8. The Balaban J connectivity index is 2.15. The summed E-state index contributed by atoms with van der Waals surface area (Å²) >= 11 is 0. The Bertz CT molecular complexity index is 264. The van der Waals surface area contributed by atoms with Gasteiger partial charge in [0.05, 0.1) is 6.54 Å². The van der Waals surface area contributed by atoms with Crippen molar-refractivity contribution in [3.8, 4) is 0 Å². The van der Waals surface area contributed by atoms with E-state index in [2.05, 4.69) is 41.2 Å². The first-order valence-electron chi connectivity index (χ1n) is 7.40. The molecule has 1 saturated heterocycles. The van der Waals surface area contributed by atoms with Gasteiger partial charge in [0.15, 0.2) is 0 Å². The monoisotopic (exact) mass is 270 g/mol. The molecule has 0 radical (unpaired) electrons. The highest BCUT2D eigenvalue weighted by atomic mass is 16.2. The molecule has 0 aromatic heterocycles. The minimum Gasteiger partial charge on any atom is -0.352 e. The summed E-state index contributed by atoms with van der Waals surface area (Å²) in [6, 6.07) is 0.245. The fraction of sp³-hybridized carbons (Fsp3) is 0.929. The van der Waals surface area contributed by atoms with Crippen molar-refractivity contribution >= 4 is 5.91 Å². The minimum absolute atomic E-state index is 0.129. The molecule has 5 heteroatoms. The third-order valence-electron chi connectivity index (χ3n) is 3.81. The van der Waals surface area contributed by atoms with E-state index < -0.39 is 0 Å². The Morgan fingerprint density at radius 1 is 1.32 bits per heavy atom. The van der Waals surface area contributed by atoms with Gasteiger partial charge in [-0.2, -0.15) is 0 Å². The van der Waals surface area contributed by atoms with Crippen LogP contribution in [0.5, 0.6) is 0 Å². The largest absolute Gasteiger partial charge is 0.352 e. The lowest BCUT2D eigenvalue weighted by Crippen LogP contribution is -2.47. The van der Waals surface area contributed by atoms with E-state index in [9.17, 15) is 4.79 Å². The molecule has 0 aromatic carbocycles. The van der Waals surface area contributed by atoms with Gasteiger partial charge >= 0.3 is 0 Å². The van der Waals surface area contributed by atoms with Crippen molar-refractivity contribution in [3.63, 3.8) is 0 Å². The molecule has 1 unspecified atom stereocenters. The number of amides is 1. The molecule has 1 aliphatic heterocycles. The second-order valence-electron chi connectivity index (χ2n) is 5.93. The lowest BCUT2D eigenvalue weighted by atomic mass is 10.1. The van der Waals surface area contributed by atoms with Gasteiger partial charge in [-0.15, -0.1) is 0 Å². The molecule has 2 N–H and O–H groups in total. The van der Waals surface area contributed by atoms with E-state index in [1.54, 1.807) is 0 Å². The molecule has 0 bridgehead atoms. The quantitative estimate of drug-likeness (QED) is 0.683. The maximum atomic E-state index is 11.8. The average Bonchev–Trinajstić information content (AvgIpc) is 2.37. The molecule has 0 spiro atoms. The van der Waals surface area contributed by atoms with Crippen LogP contribution in [-0.2, 0) is 4.79 Å². The average molecular weight is 270 g/mol. The molecule has 1 amide bonds. The Labute approximate surface area is 117 Å². The van der Waals surface area contributed by atoms with E-state index in [-0.39, 0.29) is 11.9 Å². The number of carbonyl (C=O) groups excluding carboxylic acids is 1. The third-order valence-corrected chi connectivity index (χ3v) is 3.81. The smallest absolute Gasteiger partial charge is 0.234 e. The minimum atomic E-state index is 0.129. The van der Waals surface area contributed by atoms with E-state index in [1.807, 2.05) is 7.05 Å². The molecule has 0 aromatic rings. The van der Waals surface area contributed by atoms with Crippen molar-refractivity contribution in [3.05, 3.63) is 0 Å². The first kappa shape index (κ1) is 16.4. The van der Waals surface area contributed by atoms with Gasteiger partial charge in [-0.1, -0.05) is 13.8 Å². The van der Waals surface area contributed by atoms with Crippen LogP contribution in [0.4, 0.5) is 0 Å². The summed E-state index contributed by atoms with van der Waals surface area (Å²) in [5, 5.41) is 6.39. The number of likely N-dealkylation sites (N-methyl/N-ethyl adjacent to an activating group) is 1. The molecular weight excluding hydrogens is 240 g/mol. The van der Waals surface area contributed by atoms with Crippen LogP contribution in [0.2, 0.25) is 0 Å². The topological polar surface area (TPSA) is 47.6 Å². The van der Waals surface area contributed by atoms with Crippen molar-refractivity contribution in [1.82, 2.24) is 20.4 Å². The highest BCUT2D eigenvalue weighted by molar-refractivity contribution is 5.78. The summed E-state index contributed by atoms with van der Waals surface area (Å²) in [6.07, 6.45) is 0. The fourth-order valence-electron chi connectivity index (χ4n) is 2.04. The van der Waals surface area contributed by atoms with Gasteiger partial charge in [-0.3, -0.25) is 14.6 Å². The molecule has 5 nitrogen and oxygen atoms in total. The molecule has 1 fully saturated rings. The standard InChI is InChI=1S/C14H30N4O/c1-12(2)13(3)16-14(19)11-17(4)9-10-18-7-5-15-6-8-18/h12-13,15H,5-11H2,1-4H3,(H,16,19). The van der Waals surface area contributed by atoms with Crippen LogP contribution in [0.25, 0.3) is 0 Å². The Kier molecular flexibility index (Phi) is 7.34. The van der Waals surface area contributed by atoms with E-state index in [0.29, 0.717) is 12.5 Å². The van der Waals surface area contributed by atoms with Crippen LogP contribution in [0.3, 0.4) is 0 Å². The summed E-state index contributed by atoms with van der Waals surface area (Å²) in [5.74, 6) is 0.610. The normalized spacial score (nSPS) is 18.8. The summed E-state index contributed by atoms with van der Waals surface area (Å²) in [5.41, 5.74) is 0. The number of piperazine rings is 1. The van der Waals surface area contributed by atoms with Gasteiger partial charge < -0.3 is 10.6 Å². The Morgan fingerprint density at radius 3 is 2.53 bits per heavy atom. The van der Waals surface area contributed by atoms with Crippen LogP contribution in [0.1, 0.15) is 20.8 Å². The summed E-state index contributed by atoms with van der Waals surface area (Å²) in [7, 11) is 2.02. The molecule has 1 aliphatic rings. The van der Waals surface area contributed by atoms with Gasteiger partial charge in [0.1, 0.15) is 0 Å². The van der Waals surface area contributed by atoms with Crippen molar-refractivity contribution in [2.45, 2.75) is 26.8 Å². The zero-order chi connectivity index (χ0) is 14.3. The zero-order valence-electron chi connectivity index (χ0n) is 12.9. The third kappa shape index (κ3) is 6.89. The molecule has 0 aliphatic carbocycles. The van der Waals surface area contributed by atoms with Gasteiger partial charge in [0.25, 0.3) is 0 Å². The van der Waals surface area contributed by atoms with Gasteiger partial charge in [-0.25, -0.2) is 0 Å². The van der Waals surface area contributed by atoms with Gasteiger partial charge in [0.2, 0.25) is 5.91 Å². The lowest BCUT2D eigenvalue weighted by molar-refractivity contribution is -0.122. The SMILES string of the molecule is CC(C)C(C)NC(=O)CN(C)CCN1CCNCC1. The maximum Gasteiger partial charge on any atom is 0.234 e. The van der Waals surface area contributed by atoms with Crippen molar-refractivity contribution < 1.29 is 4.79 Å². The van der Waals surface area contributed by atoms with Crippen LogP contribution in [-0.4, -0.2) is 74.6 Å². The van der Waals surface area contributed by atoms with E-state index in [0.717, 1.165) is 39.3 Å². The molecule has 0 saturated carbocycles. The summed E-state index contributed by atoms with van der Waals surface area (Å²) in [4.78, 5) is 16.4. The number of hydrogen-bond acceptors (Lipinski definition) is 4. The summed E-state index contributed by atoms with van der Waals surface area (Å²) in [6.45, 7) is 13.2. The van der Waals surface area contributed by atoms with E-state index in [1.165, 1.54) is 0 Å². The fourth-order valence-corrected chi connectivity index (χ4v) is 2.04. The predicted molar refractivity (Wildman–Crippen MR) is 79.2 cm³/mol. The van der Waals surface area contributed by atoms with Crippen molar-refractivity contribution in [2.24, 2.45) is 5.92 Å². The second kappa shape index (κ2) is 8.51. The van der Waals surface area contributed by atoms with Crippen LogP contribution in [0.15, 0.2) is 0 Å². The zero-order valence-corrected chi connectivity index (χ0v) is 12.9. The van der Waals surface area contributed by atoms with Crippen LogP contribution >= 0.6 is 0 Å². The number of hydrogen-bond donors (Lipinski definition) is 2. The van der Waals surface area contributed by atoms with E-state index in [4.69, 9.17) is 0 Å². The van der Waals surface area contributed by atoms with Gasteiger partial charge in [0, 0.05) is 45.3 Å². The number of rotatable bonds is 7. The first-order valence-corrected chi connectivity index (χ1v) is 7.40.